The van der Waals surface area contributed by atoms with Crippen molar-refractivity contribution < 1.29 is 9.53 Å². The van der Waals surface area contributed by atoms with Gasteiger partial charge in [-0.1, -0.05) is 12.1 Å². The predicted octanol–water partition coefficient (Wildman–Crippen LogP) is 2.33. The van der Waals surface area contributed by atoms with Gasteiger partial charge in [-0.2, -0.15) is 0 Å². The van der Waals surface area contributed by atoms with Gasteiger partial charge in [0.15, 0.2) is 5.96 Å². The molecule has 0 aliphatic carbocycles. The van der Waals surface area contributed by atoms with Crippen LogP contribution in [0, 0.1) is 5.92 Å². The van der Waals surface area contributed by atoms with Gasteiger partial charge in [0, 0.05) is 39.0 Å². The number of halogens is 1. The molecule has 0 radical (unpaired) electrons. The molecular formula is C20H31IN4O2. The van der Waals surface area contributed by atoms with E-state index in [2.05, 4.69) is 35.3 Å². The van der Waals surface area contributed by atoms with E-state index in [1.54, 1.807) is 0 Å². The normalized spacial score (nSPS) is 19.1. The first-order valence-corrected chi connectivity index (χ1v) is 9.72. The number of benzene rings is 1. The monoisotopic (exact) mass is 486 g/mol. The zero-order chi connectivity index (χ0) is 18.4. The molecule has 3 N–H and O–H groups in total. The third kappa shape index (κ3) is 6.26. The van der Waals surface area contributed by atoms with Crippen LogP contribution in [0.1, 0.15) is 37.3 Å². The minimum absolute atomic E-state index is 0. The Labute approximate surface area is 178 Å². The lowest BCUT2D eigenvalue weighted by Crippen LogP contribution is -2.47. The summed E-state index contributed by atoms with van der Waals surface area (Å²) in [7, 11) is 0. The fourth-order valence-corrected chi connectivity index (χ4v) is 3.82. The number of likely N-dealkylation sites (tertiary alicyclic amines) is 1. The number of nitrogens with one attached hydrogen (secondary N) is 1. The maximum Gasteiger partial charge on any atom is 0.217 e. The van der Waals surface area contributed by atoms with Crippen LogP contribution in [0.25, 0.3) is 0 Å². The summed E-state index contributed by atoms with van der Waals surface area (Å²) in [6, 6.07) is 6.45. The van der Waals surface area contributed by atoms with Gasteiger partial charge in [0.25, 0.3) is 0 Å². The number of nitrogens with two attached hydrogens (primary N) is 1. The van der Waals surface area contributed by atoms with E-state index in [1.807, 2.05) is 0 Å². The number of amides is 1. The Morgan fingerprint density at radius 3 is 3.07 bits per heavy atom. The Kier molecular flexibility index (Phi) is 8.66. The average molecular weight is 486 g/mol. The second-order valence-corrected chi connectivity index (χ2v) is 7.15. The van der Waals surface area contributed by atoms with E-state index in [-0.39, 0.29) is 29.9 Å². The van der Waals surface area contributed by atoms with Crippen molar-refractivity contribution >= 4 is 35.8 Å². The van der Waals surface area contributed by atoms with Crippen LogP contribution in [0.5, 0.6) is 5.75 Å². The summed E-state index contributed by atoms with van der Waals surface area (Å²) >= 11 is 0. The summed E-state index contributed by atoms with van der Waals surface area (Å²) in [5.74, 6) is 2.10. The SMILES string of the molecule is CCNC(=NCCc1ccc2c(c1)CCO2)N1CCCC(CC(N)=O)C1.I. The van der Waals surface area contributed by atoms with Crippen LogP contribution in [0.3, 0.4) is 0 Å². The highest BCUT2D eigenvalue weighted by atomic mass is 127. The van der Waals surface area contributed by atoms with Crippen LogP contribution >= 0.6 is 24.0 Å². The summed E-state index contributed by atoms with van der Waals surface area (Å²) in [5.41, 5.74) is 7.99. The van der Waals surface area contributed by atoms with Crippen LogP contribution in [-0.2, 0) is 17.6 Å². The summed E-state index contributed by atoms with van der Waals surface area (Å²) in [4.78, 5) is 18.3. The van der Waals surface area contributed by atoms with Crippen molar-refractivity contribution in [2.75, 3.05) is 32.8 Å². The van der Waals surface area contributed by atoms with Crippen molar-refractivity contribution in [3.63, 3.8) is 0 Å². The van der Waals surface area contributed by atoms with Crippen molar-refractivity contribution in [1.29, 1.82) is 0 Å². The van der Waals surface area contributed by atoms with Gasteiger partial charge >= 0.3 is 0 Å². The molecule has 1 fully saturated rings. The molecule has 0 spiro atoms. The highest BCUT2D eigenvalue weighted by molar-refractivity contribution is 14.0. The molecule has 1 aromatic carbocycles. The summed E-state index contributed by atoms with van der Waals surface area (Å²) in [5, 5.41) is 3.39. The molecule has 1 atom stereocenters. The molecule has 1 amide bonds. The van der Waals surface area contributed by atoms with E-state index in [1.165, 1.54) is 11.1 Å². The van der Waals surface area contributed by atoms with Crippen molar-refractivity contribution in [3.05, 3.63) is 29.3 Å². The summed E-state index contributed by atoms with van der Waals surface area (Å²) in [6.45, 7) is 6.30. The van der Waals surface area contributed by atoms with Gasteiger partial charge in [-0.25, -0.2) is 0 Å². The van der Waals surface area contributed by atoms with Crippen LogP contribution in [0.15, 0.2) is 23.2 Å². The van der Waals surface area contributed by atoms with Gasteiger partial charge in [-0.3, -0.25) is 9.79 Å². The van der Waals surface area contributed by atoms with E-state index in [9.17, 15) is 4.79 Å². The van der Waals surface area contributed by atoms with E-state index in [0.717, 1.165) is 70.2 Å². The number of rotatable bonds is 6. The van der Waals surface area contributed by atoms with Crippen LogP contribution in [-0.4, -0.2) is 49.6 Å². The minimum atomic E-state index is -0.209. The maximum atomic E-state index is 11.2. The average Bonchev–Trinajstić information content (AvgIpc) is 3.08. The number of carbonyl (C=O) groups excluding carboxylic acids is 1. The van der Waals surface area contributed by atoms with Crippen LogP contribution < -0.4 is 15.8 Å². The highest BCUT2D eigenvalue weighted by Gasteiger charge is 2.23. The number of hydrogen-bond acceptors (Lipinski definition) is 3. The molecule has 150 valence electrons. The number of aliphatic imine (C=N–C) groups is 1. The van der Waals surface area contributed by atoms with Crippen LogP contribution in [0.2, 0.25) is 0 Å². The summed E-state index contributed by atoms with van der Waals surface area (Å²) < 4.78 is 5.57. The third-order valence-electron chi connectivity index (χ3n) is 5.06. The topological polar surface area (TPSA) is 80.0 Å². The fourth-order valence-electron chi connectivity index (χ4n) is 3.82. The molecule has 0 bridgehead atoms. The lowest BCUT2D eigenvalue weighted by molar-refractivity contribution is -0.119. The number of fused-ring (bicyclic) bond motifs is 1. The number of ether oxygens (including phenoxy) is 1. The van der Waals surface area contributed by atoms with E-state index >= 15 is 0 Å². The molecule has 3 rings (SSSR count). The molecule has 1 saturated heterocycles. The minimum Gasteiger partial charge on any atom is -0.493 e. The molecular weight excluding hydrogens is 455 g/mol. The second-order valence-electron chi connectivity index (χ2n) is 7.15. The Morgan fingerprint density at radius 2 is 2.30 bits per heavy atom. The lowest BCUT2D eigenvalue weighted by atomic mass is 9.95. The molecule has 0 saturated carbocycles. The zero-order valence-electron chi connectivity index (χ0n) is 16.1. The molecule has 2 heterocycles. The lowest BCUT2D eigenvalue weighted by Gasteiger charge is -2.34. The van der Waals surface area contributed by atoms with Crippen molar-refractivity contribution in [2.45, 2.75) is 39.0 Å². The molecule has 2 aliphatic rings. The van der Waals surface area contributed by atoms with Crippen molar-refractivity contribution in [2.24, 2.45) is 16.6 Å². The molecule has 1 aromatic rings. The molecule has 0 aromatic heterocycles. The van der Waals surface area contributed by atoms with Gasteiger partial charge in [0.2, 0.25) is 5.91 Å². The van der Waals surface area contributed by atoms with Gasteiger partial charge in [-0.05, 0) is 49.3 Å². The first-order chi connectivity index (χ1) is 12.7. The fraction of sp³-hybridized carbons (Fsp3) is 0.600. The number of hydrogen-bond donors (Lipinski definition) is 2. The van der Waals surface area contributed by atoms with Crippen LogP contribution in [0.4, 0.5) is 0 Å². The van der Waals surface area contributed by atoms with E-state index < -0.39 is 0 Å². The molecule has 27 heavy (non-hydrogen) atoms. The Bertz CT molecular complexity index is 665. The number of piperidine rings is 1. The van der Waals surface area contributed by atoms with Crippen molar-refractivity contribution in [3.8, 4) is 5.75 Å². The van der Waals surface area contributed by atoms with Gasteiger partial charge in [0.05, 0.1) is 6.61 Å². The Hall–Kier alpha value is -1.51. The quantitative estimate of drug-likeness (QED) is 0.368. The molecule has 6 nitrogen and oxygen atoms in total. The summed E-state index contributed by atoms with van der Waals surface area (Å²) in [6.07, 6.45) is 4.53. The number of carbonyl (C=O) groups is 1. The maximum absolute atomic E-state index is 11.2. The highest BCUT2D eigenvalue weighted by Crippen LogP contribution is 2.26. The van der Waals surface area contributed by atoms with E-state index in [0.29, 0.717) is 12.3 Å². The molecule has 7 heteroatoms. The smallest absolute Gasteiger partial charge is 0.217 e. The second kappa shape index (κ2) is 10.7. The van der Waals surface area contributed by atoms with E-state index in [4.69, 9.17) is 15.5 Å². The number of nitrogens with zero attached hydrogens (tertiary/aromatic N) is 2. The molecule has 1 unspecified atom stereocenters. The zero-order valence-corrected chi connectivity index (χ0v) is 18.4. The molecule has 2 aliphatic heterocycles. The van der Waals surface area contributed by atoms with Gasteiger partial charge < -0.3 is 20.7 Å². The predicted molar refractivity (Wildman–Crippen MR) is 119 cm³/mol. The van der Waals surface area contributed by atoms with Gasteiger partial charge in [-0.15, -0.1) is 24.0 Å². The number of primary amides is 1. The first kappa shape index (κ1) is 21.8. The Morgan fingerprint density at radius 1 is 1.44 bits per heavy atom. The standard InChI is InChI=1S/C20H30N4O2.HI/c1-2-22-20(24-10-3-4-16(14-24)13-19(21)25)23-9-7-15-5-6-18-17(12-15)8-11-26-18;/h5-6,12,16H,2-4,7-11,13-14H2,1H3,(H2,21,25)(H,22,23);1H. The Balaban J connectivity index is 0.00000261. The third-order valence-corrected chi connectivity index (χ3v) is 5.06. The van der Waals surface area contributed by atoms with Crippen molar-refractivity contribution in [1.82, 2.24) is 10.2 Å². The number of guanidine groups is 1. The largest absolute Gasteiger partial charge is 0.493 e. The first-order valence-electron chi connectivity index (χ1n) is 9.72. The van der Waals surface area contributed by atoms with Gasteiger partial charge in [0.1, 0.15) is 5.75 Å².